The Labute approximate surface area is 122 Å². The molecule has 0 aliphatic rings. The van der Waals surface area contributed by atoms with Gasteiger partial charge in [0, 0.05) is 0 Å². The molecular formula is C17H24OSe. The first-order valence-corrected chi connectivity index (χ1v) is 9.09. The van der Waals surface area contributed by atoms with E-state index in [1.54, 1.807) is 17.1 Å². The zero-order valence-corrected chi connectivity index (χ0v) is 14.0. The maximum absolute atomic E-state index is 5.36. The Morgan fingerprint density at radius 2 is 1.79 bits per heavy atom. The molecule has 0 aliphatic heterocycles. The molecule has 0 fully saturated rings. The molecule has 1 aromatic heterocycles. The first-order chi connectivity index (χ1) is 9.30. The average molecular weight is 323 g/mol. The van der Waals surface area contributed by atoms with Crippen molar-refractivity contribution in [2.24, 2.45) is 0 Å². The van der Waals surface area contributed by atoms with Crippen LogP contribution in [0, 0.1) is 0 Å². The molecule has 0 spiro atoms. The van der Waals surface area contributed by atoms with Crippen LogP contribution < -0.4 is 4.74 Å². The Kier molecular flexibility index (Phi) is 5.54. The van der Waals surface area contributed by atoms with Gasteiger partial charge in [-0.1, -0.05) is 0 Å². The molecule has 0 amide bonds. The van der Waals surface area contributed by atoms with Gasteiger partial charge in [0.25, 0.3) is 0 Å². The third-order valence-corrected chi connectivity index (χ3v) is 6.25. The summed E-state index contributed by atoms with van der Waals surface area (Å²) in [6.07, 6.45) is 7.77. The molecule has 19 heavy (non-hydrogen) atoms. The Balaban J connectivity index is 2.39. The summed E-state index contributed by atoms with van der Waals surface area (Å²) in [6, 6.07) is 6.64. The fourth-order valence-corrected chi connectivity index (χ4v) is 5.25. The first kappa shape index (κ1) is 14.7. The summed E-state index contributed by atoms with van der Waals surface area (Å²) in [5.74, 6) is 1.01. The van der Waals surface area contributed by atoms with Crippen molar-refractivity contribution in [2.75, 3.05) is 7.11 Å². The number of methoxy groups -OCH3 is 1. The minimum absolute atomic E-state index is 0.530. The Morgan fingerprint density at radius 3 is 2.47 bits per heavy atom. The van der Waals surface area contributed by atoms with Gasteiger partial charge in [0.05, 0.1) is 0 Å². The van der Waals surface area contributed by atoms with Gasteiger partial charge in [0.2, 0.25) is 0 Å². The van der Waals surface area contributed by atoms with Gasteiger partial charge < -0.3 is 0 Å². The van der Waals surface area contributed by atoms with Crippen molar-refractivity contribution in [3.05, 3.63) is 28.2 Å². The maximum atomic E-state index is 5.36. The molecule has 0 N–H and O–H groups in total. The number of fused-ring (bicyclic) bond motifs is 1. The molecule has 1 nitrogen and oxygen atoms in total. The van der Waals surface area contributed by atoms with Crippen molar-refractivity contribution < 1.29 is 4.74 Å². The minimum atomic E-state index is 0.530. The SMILES string of the molecule is CCCCc1[se]c2cc(OC)ccc2c1CCCC. The zero-order chi connectivity index (χ0) is 13.7. The molecule has 0 radical (unpaired) electrons. The van der Waals surface area contributed by atoms with E-state index < -0.39 is 0 Å². The summed E-state index contributed by atoms with van der Waals surface area (Å²) < 4.78 is 8.64. The van der Waals surface area contributed by atoms with Crippen molar-refractivity contribution in [1.82, 2.24) is 0 Å². The molecule has 2 aromatic rings. The summed E-state index contributed by atoms with van der Waals surface area (Å²) in [7, 11) is 1.76. The zero-order valence-electron chi connectivity index (χ0n) is 12.3. The number of hydrogen-bond donors (Lipinski definition) is 0. The van der Waals surface area contributed by atoms with E-state index in [0.717, 1.165) is 5.75 Å². The molecule has 0 bridgehead atoms. The third-order valence-electron chi connectivity index (χ3n) is 3.62. The predicted octanol–water partition coefficient (Wildman–Crippen LogP) is 4.59. The van der Waals surface area contributed by atoms with E-state index in [1.807, 2.05) is 0 Å². The van der Waals surface area contributed by atoms with Crippen LogP contribution in [0.4, 0.5) is 0 Å². The van der Waals surface area contributed by atoms with Gasteiger partial charge >= 0.3 is 122 Å². The monoisotopic (exact) mass is 324 g/mol. The van der Waals surface area contributed by atoms with Crippen molar-refractivity contribution in [1.29, 1.82) is 0 Å². The van der Waals surface area contributed by atoms with Gasteiger partial charge in [0.1, 0.15) is 0 Å². The molecule has 0 atom stereocenters. The number of ether oxygens (including phenoxy) is 1. The summed E-state index contributed by atoms with van der Waals surface area (Å²) in [5.41, 5.74) is 1.66. The van der Waals surface area contributed by atoms with Crippen molar-refractivity contribution in [3.8, 4) is 5.75 Å². The van der Waals surface area contributed by atoms with Crippen LogP contribution in [0.5, 0.6) is 5.75 Å². The molecule has 0 unspecified atom stereocenters. The number of unbranched alkanes of at least 4 members (excludes halogenated alkanes) is 2. The molecule has 2 heteroatoms. The topological polar surface area (TPSA) is 9.23 Å². The Hall–Kier alpha value is -0.721. The fraction of sp³-hybridized carbons (Fsp3) is 0.529. The van der Waals surface area contributed by atoms with E-state index in [1.165, 1.54) is 48.2 Å². The summed E-state index contributed by atoms with van der Waals surface area (Å²) >= 11 is 0.530. The van der Waals surface area contributed by atoms with Crippen molar-refractivity contribution >= 4 is 24.1 Å². The molecule has 1 aromatic carbocycles. The quantitative estimate of drug-likeness (QED) is 0.677. The number of benzene rings is 1. The first-order valence-electron chi connectivity index (χ1n) is 7.38. The van der Waals surface area contributed by atoms with Crippen molar-refractivity contribution in [2.45, 2.75) is 52.4 Å². The fourth-order valence-electron chi connectivity index (χ4n) is 2.47. The van der Waals surface area contributed by atoms with E-state index in [4.69, 9.17) is 4.74 Å². The second kappa shape index (κ2) is 7.17. The van der Waals surface area contributed by atoms with Crippen LogP contribution in [0.25, 0.3) is 9.65 Å². The van der Waals surface area contributed by atoms with Gasteiger partial charge in [-0.3, -0.25) is 0 Å². The van der Waals surface area contributed by atoms with Crippen LogP contribution in [0.15, 0.2) is 18.2 Å². The molecule has 1 heterocycles. The van der Waals surface area contributed by atoms with Gasteiger partial charge in [0.15, 0.2) is 0 Å². The molecule has 0 saturated heterocycles. The molecule has 0 saturated carbocycles. The van der Waals surface area contributed by atoms with Gasteiger partial charge in [-0.25, -0.2) is 0 Å². The van der Waals surface area contributed by atoms with E-state index in [9.17, 15) is 0 Å². The van der Waals surface area contributed by atoms with Gasteiger partial charge in [-0.2, -0.15) is 0 Å². The second-order valence-electron chi connectivity index (χ2n) is 5.07. The van der Waals surface area contributed by atoms with Gasteiger partial charge in [-0.15, -0.1) is 0 Å². The standard InChI is InChI=1S/C17H24OSe/c1-4-6-8-14-15-11-10-13(18-3)12-17(15)19-16(14)9-7-5-2/h10-12H,4-9H2,1-3H3. The molecule has 104 valence electrons. The number of hydrogen-bond acceptors (Lipinski definition) is 1. The van der Waals surface area contributed by atoms with E-state index in [-0.39, 0.29) is 0 Å². The summed E-state index contributed by atoms with van der Waals surface area (Å²) in [5, 5.41) is 1.51. The van der Waals surface area contributed by atoms with Crippen LogP contribution in [0.3, 0.4) is 0 Å². The summed E-state index contributed by atoms with van der Waals surface area (Å²) in [4.78, 5) is 0. The van der Waals surface area contributed by atoms with E-state index in [2.05, 4.69) is 32.0 Å². The van der Waals surface area contributed by atoms with E-state index >= 15 is 0 Å². The average Bonchev–Trinajstić information content (AvgIpc) is 2.79. The van der Waals surface area contributed by atoms with E-state index in [0.29, 0.717) is 14.5 Å². The van der Waals surface area contributed by atoms with Crippen LogP contribution >= 0.6 is 0 Å². The van der Waals surface area contributed by atoms with Crippen LogP contribution in [-0.4, -0.2) is 21.6 Å². The molecular weight excluding hydrogens is 299 g/mol. The van der Waals surface area contributed by atoms with Gasteiger partial charge in [-0.05, 0) is 0 Å². The predicted molar refractivity (Wildman–Crippen MR) is 84.7 cm³/mol. The second-order valence-corrected chi connectivity index (χ2v) is 7.46. The Morgan fingerprint density at radius 1 is 1.05 bits per heavy atom. The third kappa shape index (κ3) is 3.43. The molecule has 0 aliphatic carbocycles. The van der Waals surface area contributed by atoms with Crippen LogP contribution in [0.1, 0.15) is 49.5 Å². The normalized spacial score (nSPS) is 11.1. The van der Waals surface area contributed by atoms with Crippen molar-refractivity contribution in [3.63, 3.8) is 0 Å². The Bertz CT molecular complexity index is 527. The number of rotatable bonds is 7. The van der Waals surface area contributed by atoms with Crippen LogP contribution in [0.2, 0.25) is 0 Å². The summed E-state index contributed by atoms with van der Waals surface area (Å²) in [6.45, 7) is 4.56. The van der Waals surface area contributed by atoms with Crippen LogP contribution in [-0.2, 0) is 12.8 Å². The number of aryl methyl sites for hydroxylation is 2. The molecule has 2 rings (SSSR count).